The van der Waals surface area contributed by atoms with Crippen molar-refractivity contribution >= 4 is 24.0 Å². The molecule has 2 aliphatic heterocycles. The summed E-state index contributed by atoms with van der Waals surface area (Å²) in [5.74, 6) is 0.153. The fourth-order valence-electron chi connectivity index (χ4n) is 6.67. The summed E-state index contributed by atoms with van der Waals surface area (Å²) in [7, 11) is 0. The van der Waals surface area contributed by atoms with Crippen LogP contribution in [0.1, 0.15) is 55.6 Å². The van der Waals surface area contributed by atoms with Crippen LogP contribution in [0.4, 0.5) is 0 Å². The molecule has 0 N–H and O–H groups in total. The molecule has 0 unspecified atom stereocenters. The second-order valence-electron chi connectivity index (χ2n) is 14.0. The van der Waals surface area contributed by atoms with Crippen molar-refractivity contribution in [2.75, 3.05) is 52.4 Å². The summed E-state index contributed by atoms with van der Waals surface area (Å²) in [4.78, 5) is 34.3. The van der Waals surface area contributed by atoms with Gasteiger partial charge in [-0.1, -0.05) is 85.0 Å². The van der Waals surface area contributed by atoms with Gasteiger partial charge < -0.3 is 9.80 Å². The summed E-state index contributed by atoms with van der Waals surface area (Å²) >= 11 is 0. The number of carbonyl (C=O) groups is 2. The number of rotatable bonds is 10. The topological polar surface area (TPSA) is 47.1 Å². The van der Waals surface area contributed by atoms with E-state index in [4.69, 9.17) is 0 Å². The fourth-order valence-corrected chi connectivity index (χ4v) is 6.67. The van der Waals surface area contributed by atoms with Gasteiger partial charge in [0.05, 0.1) is 0 Å². The van der Waals surface area contributed by atoms with E-state index >= 15 is 0 Å². The second-order valence-corrected chi connectivity index (χ2v) is 14.0. The van der Waals surface area contributed by atoms with E-state index in [1.54, 1.807) is 12.2 Å². The molecule has 0 spiro atoms. The van der Waals surface area contributed by atoms with Crippen LogP contribution in [-0.2, 0) is 22.7 Å². The summed E-state index contributed by atoms with van der Waals surface area (Å²) in [6.07, 6.45) is 15.1. The van der Waals surface area contributed by atoms with Crippen molar-refractivity contribution < 1.29 is 9.59 Å². The molecule has 6 nitrogen and oxygen atoms in total. The maximum absolute atomic E-state index is 12.8. The Bertz CT molecular complexity index is 1590. The highest BCUT2D eigenvalue weighted by Gasteiger charge is 2.21. The van der Waals surface area contributed by atoms with Gasteiger partial charge in [0, 0.05) is 77.6 Å². The van der Waals surface area contributed by atoms with Gasteiger partial charge in [-0.3, -0.25) is 19.4 Å². The number of hydrogen-bond donors (Lipinski definition) is 0. The Kier molecular flexibility index (Phi) is 12.8. The number of amides is 2. The average Bonchev–Trinajstić information content (AvgIpc) is 3.11. The number of piperazine rings is 2. The highest BCUT2D eigenvalue weighted by atomic mass is 16.2. The monoisotopic (exact) mass is 670 g/mol. The molecule has 2 heterocycles. The normalized spacial score (nSPS) is 16.5. The lowest BCUT2D eigenvalue weighted by Crippen LogP contribution is -2.48. The minimum atomic E-state index is 0.0766. The molecule has 5 rings (SSSR count). The van der Waals surface area contributed by atoms with E-state index in [1.165, 1.54) is 44.5 Å². The van der Waals surface area contributed by atoms with Crippen molar-refractivity contribution in [3.8, 4) is 0 Å². The summed E-state index contributed by atoms with van der Waals surface area (Å²) in [6, 6.07) is 17.7. The van der Waals surface area contributed by atoms with E-state index in [0.717, 1.165) is 76.6 Å². The van der Waals surface area contributed by atoms with E-state index < -0.39 is 0 Å². The Morgan fingerprint density at radius 2 is 0.820 bits per heavy atom. The Balaban J connectivity index is 0.991. The number of hydrogen-bond acceptors (Lipinski definition) is 4. The van der Waals surface area contributed by atoms with Gasteiger partial charge in [0.15, 0.2) is 0 Å². The largest absolute Gasteiger partial charge is 0.337 e. The molecule has 2 saturated heterocycles. The summed E-state index contributed by atoms with van der Waals surface area (Å²) in [5.41, 5.74) is 12.7. The van der Waals surface area contributed by atoms with Crippen molar-refractivity contribution in [2.45, 2.75) is 54.6 Å². The standard InChI is InChI=1S/C44H54N4O2/c1-33-27-41(28-34(2)37(33)5)11-7-9-13-43(49)47-23-19-45(20-24-47)31-39-15-17-40(18-16-39)32-46-21-25-48(26-22-46)44(50)14-10-8-12-42-29-35(3)38(6)36(4)30-42/h7-18,27-30H,19-26,31-32H2,1-6H3. The molecule has 6 heteroatoms. The third kappa shape index (κ3) is 10.3. The maximum Gasteiger partial charge on any atom is 0.246 e. The molecular formula is C44H54N4O2. The Labute approximate surface area is 300 Å². The first kappa shape index (κ1) is 36.8. The quantitative estimate of drug-likeness (QED) is 0.167. The fraction of sp³-hybridized carbons (Fsp3) is 0.364. The maximum atomic E-state index is 12.8. The summed E-state index contributed by atoms with van der Waals surface area (Å²) < 4.78 is 0. The van der Waals surface area contributed by atoms with Gasteiger partial charge in [0.25, 0.3) is 0 Å². The van der Waals surface area contributed by atoms with Gasteiger partial charge >= 0.3 is 0 Å². The second kappa shape index (κ2) is 17.4. The minimum Gasteiger partial charge on any atom is -0.337 e. The molecule has 0 bridgehead atoms. The summed E-state index contributed by atoms with van der Waals surface area (Å²) in [5, 5.41) is 0. The molecule has 3 aromatic carbocycles. The van der Waals surface area contributed by atoms with E-state index in [0.29, 0.717) is 0 Å². The van der Waals surface area contributed by atoms with Crippen LogP contribution >= 0.6 is 0 Å². The first-order valence-electron chi connectivity index (χ1n) is 18.0. The number of nitrogens with zero attached hydrogens (tertiary/aromatic N) is 4. The van der Waals surface area contributed by atoms with Gasteiger partial charge in [-0.2, -0.15) is 0 Å². The highest BCUT2D eigenvalue weighted by Crippen LogP contribution is 2.18. The number of carbonyl (C=O) groups excluding carboxylic acids is 2. The van der Waals surface area contributed by atoms with Crippen LogP contribution in [-0.4, -0.2) is 83.8 Å². The predicted molar refractivity (Wildman–Crippen MR) is 208 cm³/mol. The number of aryl methyl sites for hydroxylation is 4. The van der Waals surface area contributed by atoms with Crippen LogP contribution in [0.3, 0.4) is 0 Å². The van der Waals surface area contributed by atoms with Crippen LogP contribution in [0.25, 0.3) is 12.2 Å². The smallest absolute Gasteiger partial charge is 0.246 e. The van der Waals surface area contributed by atoms with Gasteiger partial charge in [0.1, 0.15) is 0 Å². The summed E-state index contributed by atoms with van der Waals surface area (Å²) in [6.45, 7) is 21.1. The zero-order valence-electron chi connectivity index (χ0n) is 30.9. The average molecular weight is 671 g/mol. The Morgan fingerprint density at radius 1 is 0.500 bits per heavy atom. The molecule has 0 aliphatic carbocycles. The first-order valence-corrected chi connectivity index (χ1v) is 18.0. The molecule has 0 atom stereocenters. The molecule has 262 valence electrons. The molecule has 0 saturated carbocycles. The molecule has 0 aromatic heterocycles. The molecule has 50 heavy (non-hydrogen) atoms. The third-order valence-electron chi connectivity index (χ3n) is 10.4. The lowest BCUT2D eigenvalue weighted by atomic mass is 10.0. The zero-order valence-corrected chi connectivity index (χ0v) is 30.9. The van der Waals surface area contributed by atoms with Crippen molar-refractivity contribution in [2.24, 2.45) is 0 Å². The Morgan fingerprint density at radius 3 is 1.14 bits per heavy atom. The predicted octanol–water partition coefficient (Wildman–Crippen LogP) is 7.36. The molecule has 0 radical (unpaired) electrons. The van der Waals surface area contributed by atoms with E-state index in [-0.39, 0.29) is 11.8 Å². The van der Waals surface area contributed by atoms with E-state index in [1.807, 2.05) is 34.1 Å². The Hall–Kier alpha value is -4.52. The number of allylic oxidation sites excluding steroid dienone is 4. The van der Waals surface area contributed by atoms with E-state index in [9.17, 15) is 9.59 Å². The van der Waals surface area contributed by atoms with Gasteiger partial charge in [-0.05, 0) is 97.2 Å². The minimum absolute atomic E-state index is 0.0766. The van der Waals surface area contributed by atoms with Crippen molar-refractivity contribution in [1.82, 2.24) is 19.6 Å². The number of benzene rings is 3. The molecule has 2 amide bonds. The lowest BCUT2D eigenvalue weighted by Gasteiger charge is -2.34. The molecule has 2 fully saturated rings. The van der Waals surface area contributed by atoms with Crippen molar-refractivity contribution in [3.63, 3.8) is 0 Å². The van der Waals surface area contributed by atoms with Crippen LogP contribution in [0, 0.1) is 41.5 Å². The molecule has 3 aromatic rings. The molecule has 2 aliphatic rings. The van der Waals surface area contributed by atoms with Gasteiger partial charge in [-0.15, -0.1) is 0 Å². The highest BCUT2D eigenvalue weighted by molar-refractivity contribution is 5.88. The van der Waals surface area contributed by atoms with Crippen molar-refractivity contribution in [1.29, 1.82) is 0 Å². The lowest BCUT2D eigenvalue weighted by molar-refractivity contribution is -0.128. The van der Waals surface area contributed by atoms with Crippen LogP contribution in [0.2, 0.25) is 0 Å². The van der Waals surface area contributed by atoms with Gasteiger partial charge in [0.2, 0.25) is 11.8 Å². The SMILES string of the molecule is Cc1cc(C=CC=CC(=O)N2CCN(Cc3ccc(CN4CCN(C(=O)C=CC=Cc5cc(C)c(C)c(C)c5)CC4)cc3)CC2)cc(C)c1C. The van der Waals surface area contributed by atoms with Crippen LogP contribution in [0.5, 0.6) is 0 Å². The van der Waals surface area contributed by atoms with Crippen LogP contribution < -0.4 is 0 Å². The van der Waals surface area contributed by atoms with Gasteiger partial charge in [-0.25, -0.2) is 0 Å². The van der Waals surface area contributed by atoms with E-state index in [2.05, 4.69) is 112 Å². The first-order chi connectivity index (χ1) is 24.0. The van der Waals surface area contributed by atoms with Crippen molar-refractivity contribution in [3.05, 3.63) is 141 Å². The third-order valence-corrected chi connectivity index (χ3v) is 10.4. The molecular weight excluding hydrogens is 617 g/mol. The zero-order chi connectivity index (χ0) is 35.6. The van der Waals surface area contributed by atoms with Crippen LogP contribution in [0.15, 0.2) is 85.0 Å².